The highest BCUT2D eigenvalue weighted by molar-refractivity contribution is 9.10. The summed E-state index contributed by atoms with van der Waals surface area (Å²) < 4.78 is 14.3. The van der Waals surface area contributed by atoms with Crippen LogP contribution in [-0.2, 0) is 6.42 Å². The summed E-state index contributed by atoms with van der Waals surface area (Å²) >= 11 is 6.93. The fraction of sp³-hybridized carbons (Fsp3) is 0.200. The molecule has 0 saturated heterocycles. The molecule has 4 aromatic rings. The molecule has 2 heterocycles. The fourth-order valence-electron chi connectivity index (χ4n) is 3.47. The first-order valence-electron chi connectivity index (χ1n) is 11.3. The second kappa shape index (κ2) is 11.6. The molecule has 0 radical (unpaired) electrons. The van der Waals surface area contributed by atoms with Crippen LogP contribution in [0.2, 0.25) is 0 Å². The van der Waals surface area contributed by atoms with Crippen LogP contribution in [0.25, 0.3) is 10.9 Å². The maximum absolute atomic E-state index is 13.3. The van der Waals surface area contributed by atoms with Crippen LogP contribution in [0.3, 0.4) is 0 Å². The second-order valence-electron chi connectivity index (χ2n) is 7.77. The van der Waals surface area contributed by atoms with Crippen LogP contribution in [0, 0.1) is 10.1 Å². The first kappa shape index (κ1) is 26.4. The number of rotatable bonds is 9. The van der Waals surface area contributed by atoms with Gasteiger partial charge in [-0.05, 0) is 59.6 Å². The van der Waals surface area contributed by atoms with Gasteiger partial charge in [0, 0.05) is 33.1 Å². The minimum atomic E-state index is -0.533. The van der Waals surface area contributed by atoms with Crippen molar-refractivity contribution in [1.29, 1.82) is 0 Å². The van der Waals surface area contributed by atoms with E-state index in [9.17, 15) is 14.9 Å². The number of aryl methyl sites for hydroxylation is 1. The van der Waals surface area contributed by atoms with Crippen LogP contribution >= 0.6 is 31.9 Å². The topological polar surface area (TPSA) is 122 Å². The highest BCUT2D eigenvalue weighted by atomic mass is 79.9. The molecule has 0 unspecified atom stereocenters. The van der Waals surface area contributed by atoms with E-state index in [0.717, 1.165) is 17.1 Å². The Kier molecular flexibility index (Phi) is 8.29. The molecule has 0 aliphatic heterocycles. The van der Waals surface area contributed by atoms with Crippen LogP contribution in [0.15, 0.2) is 67.5 Å². The quantitative estimate of drug-likeness (QED) is 0.122. The third-order valence-corrected chi connectivity index (χ3v) is 6.35. The maximum atomic E-state index is 13.3. The summed E-state index contributed by atoms with van der Waals surface area (Å²) in [4.78, 5) is 32.2. The third-order valence-electron chi connectivity index (χ3n) is 5.17. The first-order valence-corrected chi connectivity index (χ1v) is 12.9. The van der Waals surface area contributed by atoms with Crippen LogP contribution in [0.1, 0.15) is 31.7 Å². The lowest BCUT2D eigenvalue weighted by molar-refractivity contribution is -0.385. The Morgan fingerprint density at radius 2 is 1.95 bits per heavy atom. The first-order chi connectivity index (χ1) is 17.8. The third kappa shape index (κ3) is 6.03. The molecule has 0 amide bonds. The van der Waals surface area contributed by atoms with Crippen molar-refractivity contribution >= 4 is 54.7 Å². The molecule has 4 rings (SSSR count). The summed E-state index contributed by atoms with van der Waals surface area (Å²) in [7, 11) is 0. The van der Waals surface area contributed by atoms with E-state index in [1.165, 1.54) is 16.8 Å². The van der Waals surface area contributed by atoms with Crippen LogP contribution in [-0.4, -0.2) is 32.4 Å². The summed E-state index contributed by atoms with van der Waals surface area (Å²) in [6.07, 6.45) is 4.05. The SMILES string of the molecule is CCCc1nc2ccc(Br)cc2c(=O)n1N=Cc1cc(OCC)c(Oc2ccc([N+](=O)[O-])cn2)cc1Br. The molecule has 0 fully saturated rings. The minimum absolute atomic E-state index is 0.140. The van der Waals surface area contributed by atoms with Gasteiger partial charge in [-0.3, -0.25) is 14.9 Å². The van der Waals surface area contributed by atoms with Gasteiger partial charge in [0.25, 0.3) is 11.2 Å². The number of hydrogen-bond acceptors (Lipinski definition) is 8. The fourth-order valence-corrected chi connectivity index (χ4v) is 4.26. The Hall–Kier alpha value is -3.64. The number of ether oxygens (including phenoxy) is 2. The molecule has 0 N–H and O–H groups in total. The van der Waals surface area contributed by atoms with Crippen LogP contribution < -0.4 is 15.0 Å². The predicted octanol–water partition coefficient (Wildman–Crippen LogP) is 6.25. The average molecular weight is 631 g/mol. The van der Waals surface area contributed by atoms with E-state index in [0.29, 0.717) is 51.3 Å². The van der Waals surface area contributed by atoms with Gasteiger partial charge in [-0.15, -0.1) is 0 Å². The van der Waals surface area contributed by atoms with Crippen molar-refractivity contribution < 1.29 is 14.4 Å². The molecule has 0 aliphatic carbocycles. The van der Waals surface area contributed by atoms with Crippen molar-refractivity contribution in [2.75, 3.05) is 6.61 Å². The van der Waals surface area contributed by atoms with Gasteiger partial charge >= 0.3 is 0 Å². The molecule has 0 spiro atoms. The molecule has 0 aliphatic rings. The van der Waals surface area contributed by atoms with E-state index >= 15 is 0 Å². The molecule has 0 bridgehead atoms. The number of nitro groups is 1. The van der Waals surface area contributed by atoms with Gasteiger partial charge in [0.05, 0.1) is 28.6 Å². The summed E-state index contributed by atoms with van der Waals surface area (Å²) in [5.74, 6) is 1.50. The van der Waals surface area contributed by atoms with Crippen molar-refractivity contribution in [3.8, 4) is 17.4 Å². The van der Waals surface area contributed by atoms with Gasteiger partial charge in [-0.25, -0.2) is 9.97 Å². The Morgan fingerprint density at radius 3 is 2.62 bits per heavy atom. The van der Waals surface area contributed by atoms with E-state index in [1.54, 1.807) is 30.5 Å². The van der Waals surface area contributed by atoms with Crippen LogP contribution in [0.5, 0.6) is 17.4 Å². The number of nitrogens with zero attached hydrogens (tertiary/aromatic N) is 5. The van der Waals surface area contributed by atoms with Gasteiger partial charge in [0.2, 0.25) is 5.88 Å². The van der Waals surface area contributed by atoms with E-state index in [1.807, 2.05) is 19.9 Å². The summed E-state index contributed by atoms with van der Waals surface area (Å²) in [5.41, 5.74) is 0.843. The number of halogens is 2. The van der Waals surface area contributed by atoms with Crippen molar-refractivity contribution in [3.05, 3.63) is 89.5 Å². The summed E-state index contributed by atoms with van der Waals surface area (Å²) in [6.45, 7) is 4.21. The van der Waals surface area contributed by atoms with Gasteiger partial charge in [0.15, 0.2) is 11.5 Å². The van der Waals surface area contributed by atoms with Crippen LogP contribution in [0.4, 0.5) is 5.69 Å². The highest BCUT2D eigenvalue weighted by Crippen LogP contribution is 2.36. The van der Waals surface area contributed by atoms with E-state index in [2.05, 4.69) is 46.9 Å². The Morgan fingerprint density at radius 1 is 1.14 bits per heavy atom. The number of fused-ring (bicyclic) bond motifs is 1. The average Bonchev–Trinajstić information content (AvgIpc) is 2.87. The standard InChI is InChI=1S/C25H21Br2N5O5/c1-3-5-23-30-20-8-6-16(26)11-18(20)25(33)31(23)29-13-15-10-21(36-4-2)22(12-19(15)27)37-24-9-7-17(14-28-24)32(34)35/h6-14H,3-5H2,1-2H3. The molecule has 37 heavy (non-hydrogen) atoms. The minimum Gasteiger partial charge on any atom is -0.490 e. The monoisotopic (exact) mass is 629 g/mol. The molecular formula is C25H21Br2N5O5. The lowest BCUT2D eigenvalue weighted by Gasteiger charge is -2.13. The molecule has 2 aromatic heterocycles. The number of pyridine rings is 1. The Balaban J connectivity index is 1.72. The van der Waals surface area contributed by atoms with Gasteiger partial charge < -0.3 is 9.47 Å². The zero-order chi connectivity index (χ0) is 26.5. The summed E-state index contributed by atoms with van der Waals surface area (Å²) in [5, 5.41) is 15.8. The number of benzene rings is 2. The second-order valence-corrected chi connectivity index (χ2v) is 9.54. The van der Waals surface area contributed by atoms with Crippen molar-refractivity contribution in [3.63, 3.8) is 0 Å². The number of hydrogen-bond donors (Lipinski definition) is 0. The molecule has 12 heteroatoms. The van der Waals surface area contributed by atoms with Gasteiger partial charge in [-0.2, -0.15) is 9.78 Å². The highest BCUT2D eigenvalue weighted by Gasteiger charge is 2.14. The number of aromatic nitrogens is 3. The molecule has 2 aromatic carbocycles. The molecule has 0 saturated carbocycles. The molecular weight excluding hydrogens is 610 g/mol. The smallest absolute Gasteiger partial charge is 0.287 e. The van der Waals surface area contributed by atoms with Crippen molar-refractivity contribution in [1.82, 2.24) is 14.6 Å². The Bertz CT molecular complexity index is 1550. The van der Waals surface area contributed by atoms with E-state index in [-0.39, 0.29) is 17.1 Å². The molecule has 10 nitrogen and oxygen atoms in total. The zero-order valence-electron chi connectivity index (χ0n) is 19.9. The normalized spacial score (nSPS) is 11.2. The van der Waals surface area contributed by atoms with Crippen molar-refractivity contribution in [2.24, 2.45) is 5.10 Å². The molecule has 190 valence electrons. The maximum Gasteiger partial charge on any atom is 0.287 e. The lowest BCUT2D eigenvalue weighted by Crippen LogP contribution is -2.22. The largest absolute Gasteiger partial charge is 0.490 e. The van der Waals surface area contributed by atoms with Gasteiger partial charge in [0.1, 0.15) is 12.0 Å². The molecule has 0 atom stereocenters. The predicted molar refractivity (Wildman–Crippen MR) is 147 cm³/mol. The summed E-state index contributed by atoms with van der Waals surface area (Å²) in [6, 6.07) is 11.5. The lowest BCUT2D eigenvalue weighted by atomic mass is 10.2. The van der Waals surface area contributed by atoms with E-state index < -0.39 is 4.92 Å². The Labute approximate surface area is 228 Å². The van der Waals surface area contributed by atoms with Gasteiger partial charge in [-0.1, -0.05) is 22.9 Å². The zero-order valence-corrected chi connectivity index (χ0v) is 23.0. The van der Waals surface area contributed by atoms with Crippen molar-refractivity contribution in [2.45, 2.75) is 26.7 Å². The van der Waals surface area contributed by atoms with E-state index in [4.69, 9.17) is 9.47 Å².